The minimum absolute atomic E-state index is 0.0224. The van der Waals surface area contributed by atoms with Gasteiger partial charge < -0.3 is 10.9 Å². The average Bonchev–Trinajstić information content (AvgIpc) is 2.31. The average molecular weight is 266 g/mol. The van der Waals surface area contributed by atoms with Crippen molar-refractivity contribution in [3.8, 4) is 0 Å². The summed E-state index contributed by atoms with van der Waals surface area (Å²) >= 11 is 0. The van der Waals surface area contributed by atoms with E-state index in [2.05, 4.69) is 9.88 Å². The Balaban J connectivity index is 4.62. The van der Waals surface area contributed by atoms with Gasteiger partial charge in [0, 0.05) is 25.6 Å². The van der Waals surface area contributed by atoms with Crippen molar-refractivity contribution in [1.82, 2.24) is 9.03 Å². The predicted molar refractivity (Wildman–Crippen MR) is 67.0 cm³/mol. The van der Waals surface area contributed by atoms with Crippen molar-refractivity contribution in [2.24, 2.45) is 16.8 Å². The maximum Gasteiger partial charge on any atom is 0.279 e. The molecule has 17 heavy (non-hydrogen) atoms. The van der Waals surface area contributed by atoms with Gasteiger partial charge in [-0.15, -0.1) is 0 Å². The zero-order valence-electron chi connectivity index (χ0n) is 10.5. The molecule has 102 valence electrons. The van der Waals surface area contributed by atoms with E-state index in [0.29, 0.717) is 13.1 Å². The third-order valence-electron chi connectivity index (χ3n) is 2.32. The molecule has 0 bridgehead atoms. The Bertz CT molecular complexity index is 342. The fourth-order valence-corrected chi connectivity index (χ4v) is 2.62. The fourth-order valence-electron chi connectivity index (χ4n) is 1.22. The maximum atomic E-state index is 11.8. The molecular formula is C9H22N4O3S. The Morgan fingerprint density at radius 1 is 1.53 bits per heavy atom. The molecule has 0 rings (SSSR count). The monoisotopic (exact) mass is 266 g/mol. The van der Waals surface area contributed by atoms with Gasteiger partial charge in [0.25, 0.3) is 10.2 Å². The number of nitrogens with one attached hydrogen (secondary N) is 1. The summed E-state index contributed by atoms with van der Waals surface area (Å²) in [5.41, 5.74) is 5.42. The highest BCUT2D eigenvalue weighted by atomic mass is 32.2. The number of nitrogens with zero attached hydrogens (tertiary/aromatic N) is 2. The summed E-state index contributed by atoms with van der Waals surface area (Å²) in [6.45, 7) is 6.25. The van der Waals surface area contributed by atoms with E-state index in [9.17, 15) is 8.42 Å². The summed E-state index contributed by atoms with van der Waals surface area (Å²) in [6.07, 6.45) is 0.729. The molecule has 0 spiro atoms. The van der Waals surface area contributed by atoms with Crippen molar-refractivity contribution < 1.29 is 13.6 Å². The van der Waals surface area contributed by atoms with E-state index in [0.717, 1.165) is 6.42 Å². The summed E-state index contributed by atoms with van der Waals surface area (Å²) in [4.78, 5) is 0. The number of hydrogen-bond donors (Lipinski definition) is 3. The van der Waals surface area contributed by atoms with E-state index in [1.165, 1.54) is 4.31 Å². The second-order valence-corrected chi connectivity index (χ2v) is 5.53. The first kappa shape index (κ1) is 16.1. The van der Waals surface area contributed by atoms with Gasteiger partial charge in [-0.1, -0.05) is 25.9 Å². The van der Waals surface area contributed by atoms with Crippen LogP contribution in [0.4, 0.5) is 0 Å². The third-order valence-corrected chi connectivity index (χ3v) is 3.98. The topological polar surface area (TPSA) is 108 Å². The first-order chi connectivity index (χ1) is 7.88. The van der Waals surface area contributed by atoms with Crippen LogP contribution in [0.15, 0.2) is 5.16 Å². The number of hydrogen-bond acceptors (Lipinski definition) is 4. The molecule has 0 fully saturated rings. The van der Waals surface area contributed by atoms with E-state index >= 15 is 0 Å². The van der Waals surface area contributed by atoms with Crippen molar-refractivity contribution in [2.75, 3.05) is 19.6 Å². The Hall–Kier alpha value is -0.860. The second-order valence-electron chi connectivity index (χ2n) is 3.78. The van der Waals surface area contributed by atoms with E-state index in [4.69, 9.17) is 10.9 Å². The Labute approximate surface area is 103 Å². The molecule has 0 aromatic rings. The van der Waals surface area contributed by atoms with Crippen LogP contribution in [-0.2, 0) is 10.2 Å². The van der Waals surface area contributed by atoms with Crippen molar-refractivity contribution in [1.29, 1.82) is 0 Å². The second kappa shape index (κ2) is 7.46. The predicted octanol–water partition coefficient (Wildman–Crippen LogP) is -0.0648. The quantitative estimate of drug-likeness (QED) is 0.247. The van der Waals surface area contributed by atoms with Crippen LogP contribution in [0.2, 0.25) is 0 Å². The third kappa shape index (κ3) is 5.33. The lowest BCUT2D eigenvalue weighted by Crippen LogP contribution is -2.44. The van der Waals surface area contributed by atoms with Gasteiger partial charge in [0.1, 0.15) is 5.84 Å². The Morgan fingerprint density at radius 3 is 2.53 bits per heavy atom. The SMILES string of the molecule is CCCNS(=O)(=O)N(CC)CC(C)C(N)=NO. The van der Waals surface area contributed by atoms with E-state index in [1.54, 1.807) is 13.8 Å². The molecular weight excluding hydrogens is 244 g/mol. The molecule has 1 unspecified atom stereocenters. The molecule has 0 aromatic carbocycles. The highest BCUT2D eigenvalue weighted by Crippen LogP contribution is 2.04. The summed E-state index contributed by atoms with van der Waals surface area (Å²) < 4.78 is 27.4. The lowest BCUT2D eigenvalue weighted by molar-refractivity contribution is 0.311. The van der Waals surface area contributed by atoms with Gasteiger partial charge in [-0.3, -0.25) is 0 Å². The van der Waals surface area contributed by atoms with Gasteiger partial charge in [-0.2, -0.15) is 12.7 Å². The van der Waals surface area contributed by atoms with Crippen LogP contribution in [0, 0.1) is 5.92 Å². The van der Waals surface area contributed by atoms with E-state index in [1.807, 2.05) is 6.92 Å². The number of amidine groups is 1. The highest BCUT2D eigenvalue weighted by Gasteiger charge is 2.23. The number of rotatable bonds is 8. The summed E-state index contributed by atoms with van der Waals surface area (Å²) in [7, 11) is -3.48. The molecule has 0 aliphatic heterocycles. The van der Waals surface area contributed by atoms with Gasteiger partial charge in [0.05, 0.1) is 0 Å². The largest absolute Gasteiger partial charge is 0.409 e. The van der Waals surface area contributed by atoms with Crippen LogP contribution in [0.3, 0.4) is 0 Å². The molecule has 0 radical (unpaired) electrons. The van der Waals surface area contributed by atoms with Crippen molar-refractivity contribution in [3.05, 3.63) is 0 Å². The molecule has 0 heterocycles. The fraction of sp³-hybridized carbons (Fsp3) is 0.889. The number of oxime groups is 1. The Morgan fingerprint density at radius 2 is 2.12 bits per heavy atom. The van der Waals surface area contributed by atoms with Crippen LogP contribution in [-0.4, -0.2) is 43.4 Å². The standard InChI is InChI=1S/C9H22N4O3S/c1-4-6-11-17(15,16)13(5-2)7-8(3)9(10)12-14/h8,11,14H,4-7H2,1-3H3,(H2,10,12). The number of nitrogens with two attached hydrogens (primary N) is 1. The Kier molecular flexibility index (Phi) is 7.09. The van der Waals surface area contributed by atoms with Gasteiger partial charge in [0.15, 0.2) is 0 Å². The molecule has 0 saturated heterocycles. The lowest BCUT2D eigenvalue weighted by atomic mass is 10.1. The molecule has 4 N–H and O–H groups in total. The van der Waals surface area contributed by atoms with Crippen LogP contribution < -0.4 is 10.5 Å². The molecule has 1 atom stereocenters. The first-order valence-electron chi connectivity index (χ1n) is 5.61. The van der Waals surface area contributed by atoms with E-state index in [-0.39, 0.29) is 18.3 Å². The van der Waals surface area contributed by atoms with Crippen molar-refractivity contribution in [3.63, 3.8) is 0 Å². The van der Waals surface area contributed by atoms with Crippen LogP contribution >= 0.6 is 0 Å². The van der Waals surface area contributed by atoms with Gasteiger partial charge in [-0.05, 0) is 6.42 Å². The smallest absolute Gasteiger partial charge is 0.279 e. The van der Waals surface area contributed by atoms with Crippen LogP contribution in [0.5, 0.6) is 0 Å². The molecule has 8 heteroatoms. The summed E-state index contributed by atoms with van der Waals surface area (Å²) in [5.74, 6) is -0.313. The molecule has 0 saturated carbocycles. The van der Waals surface area contributed by atoms with E-state index < -0.39 is 10.2 Å². The molecule has 0 aliphatic carbocycles. The van der Waals surface area contributed by atoms with Crippen molar-refractivity contribution >= 4 is 16.0 Å². The highest BCUT2D eigenvalue weighted by molar-refractivity contribution is 7.87. The molecule has 0 amide bonds. The maximum absolute atomic E-state index is 11.8. The first-order valence-corrected chi connectivity index (χ1v) is 7.05. The summed E-state index contributed by atoms with van der Waals surface area (Å²) in [5, 5.41) is 11.4. The van der Waals surface area contributed by atoms with Gasteiger partial charge in [0.2, 0.25) is 0 Å². The van der Waals surface area contributed by atoms with Crippen molar-refractivity contribution in [2.45, 2.75) is 27.2 Å². The van der Waals surface area contributed by atoms with Crippen LogP contribution in [0.25, 0.3) is 0 Å². The summed E-state index contributed by atoms with van der Waals surface area (Å²) in [6, 6.07) is 0. The lowest BCUT2D eigenvalue weighted by Gasteiger charge is -2.23. The molecule has 7 nitrogen and oxygen atoms in total. The van der Waals surface area contributed by atoms with Gasteiger partial charge in [-0.25, -0.2) is 4.72 Å². The zero-order chi connectivity index (χ0) is 13.5. The van der Waals surface area contributed by atoms with Crippen LogP contribution in [0.1, 0.15) is 27.2 Å². The van der Waals surface area contributed by atoms with Gasteiger partial charge >= 0.3 is 0 Å². The minimum atomic E-state index is -3.48. The molecule has 0 aromatic heterocycles. The minimum Gasteiger partial charge on any atom is -0.409 e. The molecule has 0 aliphatic rings. The zero-order valence-corrected chi connectivity index (χ0v) is 11.4. The normalized spacial score (nSPS) is 15.2.